The van der Waals surface area contributed by atoms with Crippen LogP contribution in [0.4, 0.5) is 0 Å². The number of hydrogen-bond donors (Lipinski definition) is 0. The first-order chi connectivity index (χ1) is 13.5. The van der Waals surface area contributed by atoms with Crippen molar-refractivity contribution in [3.05, 3.63) is 71.1 Å². The lowest BCUT2D eigenvalue weighted by molar-refractivity contribution is 0.146. The third-order valence-electron chi connectivity index (χ3n) is 5.53. The van der Waals surface area contributed by atoms with Crippen molar-refractivity contribution >= 4 is 26.0 Å². The second-order valence-corrected chi connectivity index (χ2v) is 10.1. The van der Waals surface area contributed by atoms with E-state index in [1.807, 2.05) is 12.1 Å². The number of piperazine rings is 1. The molecule has 1 atom stereocenters. The van der Waals surface area contributed by atoms with Gasteiger partial charge in [-0.2, -0.15) is 4.31 Å². The zero-order chi connectivity index (χ0) is 19.6. The van der Waals surface area contributed by atoms with Crippen molar-refractivity contribution in [2.75, 3.05) is 39.3 Å². The minimum Gasteiger partial charge on any atom is -0.297 e. The van der Waals surface area contributed by atoms with E-state index in [9.17, 15) is 8.42 Å². The first kappa shape index (κ1) is 20.0. The minimum atomic E-state index is -3.45. The van der Waals surface area contributed by atoms with Gasteiger partial charge in [0.15, 0.2) is 0 Å². The van der Waals surface area contributed by atoms with Gasteiger partial charge < -0.3 is 0 Å². The molecule has 4 rings (SSSR count). The Kier molecular flexibility index (Phi) is 6.18. The van der Waals surface area contributed by atoms with Gasteiger partial charge in [-0.05, 0) is 40.0 Å². The number of rotatable bonds is 5. The molecule has 0 spiro atoms. The number of halogens is 1. The fraction of sp³-hybridized carbons (Fsp3) is 0.381. The topological polar surface area (TPSA) is 43.9 Å². The van der Waals surface area contributed by atoms with Crippen molar-refractivity contribution < 1.29 is 8.42 Å². The number of benzene rings is 2. The number of nitrogens with zero attached hydrogens (tertiary/aromatic N) is 3. The lowest BCUT2D eigenvalue weighted by Crippen LogP contribution is -2.52. The minimum absolute atomic E-state index is 0.352. The van der Waals surface area contributed by atoms with Crippen LogP contribution in [0, 0.1) is 6.42 Å². The van der Waals surface area contributed by atoms with Crippen molar-refractivity contribution in [3.8, 4) is 0 Å². The van der Waals surface area contributed by atoms with Crippen LogP contribution in [-0.4, -0.2) is 67.8 Å². The van der Waals surface area contributed by atoms with Crippen LogP contribution in [-0.2, 0) is 16.6 Å². The number of hydrogen-bond acceptors (Lipinski definition) is 4. The van der Waals surface area contributed by atoms with E-state index < -0.39 is 10.0 Å². The number of likely N-dealkylation sites (tertiary alicyclic amines) is 1. The average Bonchev–Trinajstić information content (AvgIpc) is 3.17. The van der Waals surface area contributed by atoms with E-state index in [-0.39, 0.29) is 0 Å². The average molecular weight is 463 g/mol. The Labute approximate surface area is 176 Å². The molecule has 0 amide bonds. The Bertz CT molecular complexity index is 899. The fourth-order valence-corrected chi connectivity index (χ4v) is 6.37. The Balaban J connectivity index is 1.33. The molecule has 149 valence electrons. The molecule has 0 aromatic heterocycles. The van der Waals surface area contributed by atoms with Crippen LogP contribution in [0.2, 0.25) is 0 Å². The maximum absolute atomic E-state index is 13.0. The van der Waals surface area contributed by atoms with Gasteiger partial charge in [-0.15, -0.1) is 0 Å². The first-order valence-corrected chi connectivity index (χ1v) is 11.9. The molecule has 2 aliphatic heterocycles. The van der Waals surface area contributed by atoms with E-state index >= 15 is 0 Å². The summed E-state index contributed by atoms with van der Waals surface area (Å²) in [6.07, 6.45) is 2.36. The third kappa shape index (κ3) is 4.33. The van der Waals surface area contributed by atoms with Crippen LogP contribution < -0.4 is 0 Å². The van der Waals surface area contributed by atoms with Crippen LogP contribution in [0.15, 0.2) is 64.0 Å². The second kappa shape index (κ2) is 8.63. The summed E-state index contributed by atoms with van der Waals surface area (Å²) >= 11 is 3.37. The maximum Gasteiger partial charge on any atom is 0.244 e. The molecule has 0 saturated carbocycles. The van der Waals surface area contributed by atoms with Crippen LogP contribution in [0.3, 0.4) is 0 Å². The van der Waals surface area contributed by atoms with Crippen LogP contribution in [0.25, 0.3) is 0 Å². The molecule has 2 aromatic rings. The van der Waals surface area contributed by atoms with Gasteiger partial charge in [-0.3, -0.25) is 9.80 Å². The molecule has 2 fully saturated rings. The molecule has 0 N–H and O–H groups in total. The SMILES string of the molecule is O=S(=O)(c1ccccc1Br)N1CCN(C2[CH]CN(Cc3ccccc3)C2)CC1. The highest BCUT2D eigenvalue weighted by atomic mass is 79.9. The molecule has 0 aliphatic carbocycles. The lowest BCUT2D eigenvalue weighted by atomic mass is 10.2. The van der Waals surface area contributed by atoms with E-state index in [2.05, 4.69) is 56.4 Å². The molecule has 28 heavy (non-hydrogen) atoms. The lowest BCUT2D eigenvalue weighted by Gasteiger charge is -2.37. The summed E-state index contributed by atoms with van der Waals surface area (Å²) < 4.78 is 28.1. The van der Waals surface area contributed by atoms with Crippen LogP contribution >= 0.6 is 15.9 Å². The third-order valence-corrected chi connectivity index (χ3v) is 8.44. The predicted molar refractivity (Wildman–Crippen MR) is 114 cm³/mol. The Morgan fingerprint density at radius 1 is 0.929 bits per heavy atom. The van der Waals surface area contributed by atoms with Crippen molar-refractivity contribution in [1.82, 2.24) is 14.1 Å². The van der Waals surface area contributed by atoms with Crippen molar-refractivity contribution in [2.24, 2.45) is 0 Å². The molecule has 5 nitrogen and oxygen atoms in total. The van der Waals surface area contributed by atoms with Gasteiger partial charge in [0.25, 0.3) is 0 Å². The largest absolute Gasteiger partial charge is 0.297 e. The van der Waals surface area contributed by atoms with Crippen LogP contribution in [0.1, 0.15) is 5.56 Å². The fourth-order valence-electron chi connectivity index (χ4n) is 3.99. The molecule has 0 bridgehead atoms. The van der Waals surface area contributed by atoms with Gasteiger partial charge in [0.05, 0.1) is 4.90 Å². The molecule has 2 saturated heterocycles. The predicted octanol–water partition coefficient (Wildman–Crippen LogP) is 2.84. The Morgan fingerprint density at radius 3 is 2.32 bits per heavy atom. The smallest absolute Gasteiger partial charge is 0.244 e. The molecule has 7 heteroatoms. The molecule has 2 aliphatic rings. The summed E-state index contributed by atoms with van der Waals surface area (Å²) in [6.45, 7) is 5.55. The van der Waals surface area contributed by atoms with Crippen molar-refractivity contribution in [3.63, 3.8) is 0 Å². The standard InChI is InChI=1S/C21H25BrN3O2S/c22-20-8-4-5-9-21(20)28(26,27)25-14-12-24(13-15-25)19-10-11-23(17-19)16-18-6-2-1-3-7-18/h1-10,19H,11-17H2. The quantitative estimate of drug-likeness (QED) is 0.684. The summed E-state index contributed by atoms with van der Waals surface area (Å²) in [5.74, 6) is 0. The van der Waals surface area contributed by atoms with Gasteiger partial charge in [0.2, 0.25) is 10.0 Å². The van der Waals surface area contributed by atoms with Gasteiger partial charge in [-0.25, -0.2) is 8.42 Å². The van der Waals surface area contributed by atoms with Gasteiger partial charge in [-0.1, -0.05) is 42.5 Å². The van der Waals surface area contributed by atoms with Crippen LogP contribution in [0.5, 0.6) is 0 Å². The summed E-state index contributed by atoms with van der Waals surface area (Å²) in [5, 5.41) is 0. The summed E-state index contributed by atoms with van der Waals surface area (Å²) in [5.41, 5.74) is 1.33. The Morgan fingerprint density at radius 2 is 1.61 bits per heavy atom. The van der Waals surface area contributed by atoms with E-state index in [1.54, 1.807) is 22.5 Å². The normalized spacial score (nSPS) is 22.5. The summed E-state index contributed by atoms with van der Waals surface area (Å²) in [6, 6.07) is 18.0. The van der Waals surface area contributed by atoms with E-state index in [0.29, 0.717) is 28.5 Å². The second-order valence-electron chi connectivity index (χ2n) is 7.35. The first-order valence-electron chi connectivity index (χ1n) is 9.62. The summed E-state index contributed by atoms with van der Waals surface area (Å²) in [4.78, 5) is 5.21. The monoisotopic (exact) mass is 462 g/mol. The highest BCUT2D eigenvalue weighted by Gasteiger charge is 2.34. The van der Waals surface area contributed by atoms with Gasteiger partial charge in [0, 0.05) is 56.3 Å². The zero-order valence-electron chi connectivity index (χ0n) is 15.7. The van der Waals surface area contributed by atoms with Gasteiger partial charge in [0.1, 0.15) is 0 Å². The highest BCUT2D eigenvalue weighted by molar-refractivity contribution is 9.10. The molecular formula is C21H25BrN3O2S. The molecule has 1 unspecified atom stereocenters. The molecule has 1 radical (unpaired) electrons. The van der Waals surface area contributed by atoms with E-state index in [1.165, 1.54) is 5.56 Å². The molecule has 2 aromatic carbocycles. The molecule has 2 heterocycles. The number of sulfonamides is 1. The van der Waals surface area contributed by atoms with E-state index in [4.69, 9.17) is 0 Å². The van der Waals surface area contributed by atoms with Gasteiger partial charge >= 0.3 is 0 Å². The zero-order valence-corrected chi connectivity index (χ0v) is 18.1. The molecular weight excluding hydrogens is 438 g/mol. The Hall–Kier alpha value is -1.25. The highest BCUT2D eigenvalue weighted by Crippen LogP contribution is 2.26. The van der Waals surface area contributed by atoms with Crippen molar-refractivity contribution in [2.45, 2.75) is 17.5 Å². The van der Waals surface area contributed by atoms with E-state index in [0.717, 1.165) is 32.7 Å². The maximum atomic E-state index is 13.0. The van der Waals surface area contributed by atoms with Crippen molar-refractivity contribution in [1.29, 1.82) is 0 Å². The summed E-state index contributed by atoms with van der Waals surface area (Å²) in [7, 11) is -3.45.